The van der Waals surface area contributed by atoms with Gasteiger partial charge in [0.1, 0.15) is 0 Å². The van der Waals surface area contributed by atoms with Crippen LogP contribution >= 0.6 is 23.2 Å². The minimum Gasteiger partial charge on any atom is -0.325 e. The van der Waals surface area contributed by atoms with E-state index in [0.717, 1.165) is 6.07 Å². The number of amides is 1. The van der Waals surface area contributed by atoms with Crippen LogP contribution in [-0.4, -0.2) is 31.7 Å². The number of nitrogens with one attached hydrogen (secondary N) is 1. The quantitative estimate of drug-likeness (QED) is 0.621. The fourth-order valence-corrected chi connectivity index (χ4v) is 5.61. The molecule has 0 bridgehead atoms. The molecule has 1 aliphatic heterocycles. The lowest BCUT2D eigenvalue weighted by molar-refractivity contribution is -0.137. The molecule has 2 aromatic rings. The summed E-state index contributed by atoms with van der Waals surface area (Å²) in [5.74, 6) is -1.79. The molecule has 31 heavy (non-hydrogen) atoms. The number of rotatable bonds is 5. The predicted octanol–water partition coefficient (Wildman–Crippen LogP) is 5.19. The summed E-state index contributed by atoms with van der Waals surface area (Å²) >= 11 is 11.9. The van der Waals surface area contributed by atoms with Gasteiger partial charge in [0.2, 0.25) is 15.9 Å². The third-order valence-corrected chi connectivity index (χ3v) is 7.37. The Morgan fingerprint density at radius 3 is 2.55 bits per heavy atom. The van der Waals surface area contributed by atoms with Crippen LogP contribution in [0.4, 0.5) is 18.9 Å². The van der Waals surface area contributed by atoms with Gasteiger partial charge in [-0.3, -0.25) is 4.79 Å². The van der Waals surface area contributed by atoms with E-state index in [1.807, 2.05) is 0 Å². The van der Waals surface area contributed by atoms with Gasteiger partial charge < -0.3 is 5.32 Å². The maximum absolute atomic E-state index is 13.2. The summed E-state index contributed by atoms with van der Waals surface area (Å²) < 4.78 is 66.4. The first-order valence-electron chi connectivity index (χ1n) is 9.36. The van der Waals surface area contributed by atoms with E-state index in [2.05, 4.69) is 5.32 Å². The van der Waals surface area contributed by atoms with E-state index in [1.54, 1.807) is 0 Å². The van der Waals surface area contributed by atoms with Gasteiger partial charge in [-0.1, -0.05) is 41.4 Å². The van der Waals surface area contributed by atoms with Crippen molar-refractivity contribution in [1.29, 1.82) is 0 Å². The Bertz CT molecular complexity index is 1080. The number of halogens is 5. The van der Waals surface area contributed by atoms with Crippen LogP contribution in [0.15, 0.2) is 42.5 Å². The SMILES string of the molecule is O=C(Nc1ccccc1C(F)(F)F)[C@@H]1CCCN(S(=O)(=O)Cc2ccc(Cl)cc2Cl)C1. The Kier molecular flexibility index (Phi) is 7.20. The van der Waals surface area contributed by atoms with Crippen molar-refractivity contribution >= 4 is 44.8 Å². The molecule has 5 nitrogen and oxygen atoms in total. The van der Waals surface area contributed by atoms with E-state index in [9.17, 15) is 26.4 Å². The van der Waals surface area contributed by atoms with E-state index >= 15 is 0 Å². The summed E-state index contributed by atoms with van der Waals surface area (Å²) in [6.07, 6.45) is -3.84. The lowest BCUT2D eigenvalue weighted by atomic mass is 9.98. The Hall–Kier alpha value is -1.81. The number of alkyl halides is 3. The summed E-state index contributed by atoms with van der Waals surface area (Å²) in [7, 11) is -3.80. The van der Waals surface area contributed by atoms with E-state index in [1.165, 1.54) is 40.7 Å². The lowest BCUT2D eigenvalue weighted by Crippen LogP contribution is -2.44. The van der Waals surface area contributed by atoms with Gasteiger partial charge in [0.15, 0.2) is 0 Å². The van der Waals surface area contributed by atoms with Gasteiger partial charge in [0.25, 0.3) is 0 Å². The fourth-order valence-electron chi connectivity index (χ4n) is 3.41. The van der Waals surface area contributed by atoms with Crippen LogP contribution in [-0.2, 0) is 26.7 Å². The van der Waals surface area contributed by atoms with Crippen LogP contribution in [0.1, 0.15) is 24.0 Å². The van der Waals surface area contributed by atoms with Crippen LogP contribution in [0, 0.1) is 5.92 Å². The molecule has 1 fully saturated rings. The number of piperidine rings is 1. The van der Waals surface area contributed by atoms with Crippen LogP contribution in [0.25, 0.3) is 0 Å². The molecule has 0 radical (unpaired) electrons. The number of nitrogens with zero attached hydrogens (tertiary/aromatic N) is 1. The Labute approximate surface area is 188 Å². The number of carbonyl (C=O) groups is 1. The summed E-state index contributed by atoms with van der Waals surface area (Å²) in [6, 6.07) is 9.16. The summed E-state index contributed by atoms with van der Waals surface area (Å²) in [4.78, 5) is 12.6. The molecule has 1 N–H and O–H groups in total. The molecule has 0 aromatic heterocycles. The number of para-hydroxylation sites is 1. The second-order valence-corrected chi connectivity index (χ2v) is 10.0. The zero-order valence-corrected chi connectivity index (χ0v) is 18.5. The summed E-state index contributed by atoms with van der Waals surface area (Å²) in [5, 5.41) is 2.90. The highest BCUT2D eigenvalue weighted by Crippen LogP contribution is 2.35. The van der Waals surface area contributed by atoms with Crippen molar-refractivity contribution in [2.75, 3.05) is 18.4 Å². The smallest absolute Gasteiger partial charge is 0.325 e. The summed E-state index contributed by atoms with van der Waals surface area (Å²) in [5.41, 5.74) is -0.939. The highest BCUT2D eigenvalue weighted by molar-refractivity contribution is 7.88. The van der Waals surface area contributed by atoms with Gasteiger partial charge >= 0.3 is 6.18 Å². The third kappa shape index (κ3) is 5.91. The minimum absolute atomic E-state index is 0.117. The maximum atomic E-state index is 13.2. The second-order valence-electron chi connectivity index (χ2n) is 7.22. The molecule has 3 rings (SSSR count). The number of carbonyl (C=O) groups excluding carboxylic acids is 1. The summed E-state index contributed by atoms with van der Waals surface area (Å²) in [6.45, 7) is 0.101. The topological polar surface area (TPSA) is 66.5 Å². The first-order chi connectivity index (χ1) is 14.5. The van der Waals surface area contributed by atoms with Crippen LogP contribution in [0.5, 0.6) is 0 Å². The van der Waals surface area contributed by atoms with Gasteiger partial charge in [-0.25, -0.2) is 12.7 Å². The van der Waals surface area contributed by atoms with E-state index in [4.69, 9.17) is 23.2 Å². The molecule has 1 atom stereocenters. The molecule has 1 amide bonds. The maximum Gasteiger partial charge on any atom is 0.418 e. The predicted molar refractivity (Wildman–Crippen MR) is 113 cm³/mol. The van der Waals surface area contributed by atoms with Gasteiger partial charge in [0.05, 0.1) is 22.9 Å². The first-order valence-corrected chi connectivity index (χ1v) is 11.7. The number of anilines is 1. The van der Waals surface area contributed by atoms with E-state index in [-0.39, 0.29) is 29.6 Å². The molecule has 11 heteroatoms. The molecule has 1 saturated heterocycles. The van der Waals surface area contributed by atoms with Crippen molar-refractivity contribution in [3.63, 3.8) is 0 Å². The fraction of sp³-hybridized carbons (Fsp3) is 0.350. The standard InChI is InChI=1S/C20H19Cl2F3N2O3S/c21-15-8-7-14(17(22)10-15)12-31(29,30)27-9-3-4-13(11-27)19(28)26-18-6-2-1-5-16(18)20(23,24)25/h1-2,5-8,10,13H,3-4,9,11-12H2,(H,26,28)/t13-/m1/s1. The van der Waals surface area contributed by atoms with Gasteiger partial charge in [0, 0.05) is 23.1 Å². The molecule has 2 aromatic carbocycles. The molecule has 168 valence electrons. The van der Waals surface area contributed by atoms with Crippen molar-refractivity contribution in [3.8, 4) is 0 Å². The number of hydrogen-bond donors (Lipinski definition) is 1. The highest BCUT2D eigenvalue weighted by Gasteiger charge is 2.36. The molecule has 0 spiro atoms. The van der Waals surface area contributed by atoms with Gasteiger partial charge in [-0.05, 0) is 42.7 Å². The molecule has 1 aliphatic rings. The third-order valence-electron chi connectivity index (χ3n) is 4.99. The largest absolute Gasteiger partial charge is 0.418 e. The second kappa shape index (κ2) is 9.36. The average molecular weight is 495 g/mol. The van der Waals surface area contributed by atoms with Crippen molar-refractivity contribution in [2.24, 2.45) is 5.92 Å². The normalized spacial score (nSPS) is 18.0. The highest BCUT2D eigenvalue weighted by atomic mass is 35.5. The molecule has 1 heterocycles. The lowest BCUT2D eigenvalue weighted by Gasteiger charge is -2.31. The molecule has 0 saturated carbocycles. The van der Waals surface area contributed by atoms with Crippen LogP contribution in [0.3, 0.4) is 0 Å². The van der Waals surface area contributed by atoms with Gasteiger partial charge in [-0.2, -0.15) is 13.2 Å². The van der Waals surface area contributed by atoms with Crippen LogP contribution < -0.4 is 5.32 Å². The molecular formula is C20H19Cl2F3N2O3S. The Morgan fingerprint density at radius 1 is 1.16 bits per heavy atom. The zero-order chi connectivity index (χ0) is 22.8. The van der Waals surface area contributed by atoms with Crippen molar-refractivity contribution in [3.05, 3.63) is 63.6 Å². The zero-order valence-electron chi connectivity index (χ0n) is 16.1. The number of hydrogen-bond acceptors (Lipinski definition) is 3. The van der Waals surface area contributed by atoms with Gasteiger partial charge in [-0.15, -0.1) is 0 Å². The Balaban J connectivity index is 1.72. The first kappa shape index (κ1) is 23.8. The number of sulfonamides is 1. The van der Waals surface area contributed by atoms with E-state index < -0.39 is 33.6 Å². The van der Waals surface area contributed by atoms with E-state index in [0.29, 0.717) is 23.4 Å². The average Bonchev–Trinajstić information content (AvgIpc) is 2.70. The molecular weight excluding hydrogens is 476 g/mol. The monoisotopic (exact) mass is 494 g/mol. The van der Waals surface area contributed by atoms with Crippen molar-refractivity contribution in [1.82, 2.24) is 4.31 Å². The minimum atomic E-state index is -4.62. The van der Waals surface area contributed by atoms with Crippen LogP contribution in [0.2, 0.25) is 10.0 Å². The molecule has 0 unspecified atom stereocenters. The Morgan fingerprint density at radius 2 is 1.87 bits per heavy atom. The van der Waals surface area contributed by atoms with Crippen molar-refractivity contribution in [2.45, 2.75) is 24.8 Å². The van der Waals surface area contributed by atoms with Crippen molar-refractivity contribution < 1.29 is 26.4 Å². The number of benzene rings is 2. The molecule has 0 aliphatic carbocycles.